The van der Waals surface area contributed by atoms with Gasteiger partial charge in [0.15, 0.2) is 0 Å². The van der Waals surface area contributed by atoms with E-state index in [2.05, 4.69) is 24.4 Å². The number of rotatable bonds is 2. The molecule has 0 aromatic heterocycles. The molecule has 1 aromatic carbocycles. The van der Waals surface area contributed by atoms with Crippen molar-refractivity contribution in [1.29, 1.82) is 0 Å². The highest BCUT2D eigenvalue weighted by Gasteiger charge is 2.17. The van der Waals surface area contributed by atoms with Gasteiger partial charge in [0.1, 0.15) is 0 Å². The Morgan fingerprint density at radius 3 is 2.50 bits per heavy atom. The van der Waals surface area contributed by atoms with Crippen LogP contribution in [0.2, 0.25) is 0 Å². The van der Waals surface area contributed by atoms with Gasteiger partial charge in [0.2, 0.25) is 0 Å². The number of benzene rings is 1. The summed E-state index contributed by atoms with van der Waals surface area (Å²) in [6.45, 7) is 0. The first-order valence-electron chi connectivity index (χ1n) is 5.04. The average molecular weight is 247 g/mol. The Labute approximate surface area is 106 Å². The van der Waals surface area contributed by atoms with Crippen molar-refractivity contribution < 1.29 is 0 Å². The van der Waals surface area contributed by atoms with E-state index >= 15 is 0 Å². The van der Waals surface area contributed by atoms with Gasteiger partial charge in [-0.15, -0.1) is 0 Å². The molecule has 3 heteroatoms. The van der Waals surface area contributed by atoms with Crippen LogP contribution in [0.1, 0.15) is 5.56 Å². The molecule has 82 valence electrons. The molecule has 2 rings (SSSR count). The van der Waals surface area contributed by atoms with E-state index in [0.717, 1.165) is 9.77 Å². The van der Waals surface area contributed by atoms with Gasteiger partial charge in [-0.3, -0.25) is 0 Å². The summed E-state index contributed by atoms with van der Waals surface area (Å²) in [5.41, 5.74) is 2.36. The fourth-order valence-electron chi connectivity index (χ4n) is 1.50. The molecule has 1 aliphatic rings. The summed E-state index contributed by atoms with van der Waals surface area (Å²) in [7, 11) is 4.02. The molecule has 1 nitrogen and oxygen atoms in total. The van der Waals surface area contributed by atoms with Crippen molar-refractivity contribution >= 4 is 33.1 Å². The van der Waals surface area contributed by atoms with E-state index in [1.54, 1.807) is 11.8 Å². The first-order chi connectivity index (χ1) is 7.66. The molecule has 1 aromatic rings. The summed E-state index contributed by atoms with van der Waals surface area (Å²) >= 11 is 7.02. The van der Waals surface area contributed by atoms with Crippen molar-refractivity contribution in [2.45, 2.75) is 0 Å². The van der Waals surface area contributed by atoms with Crippen LogP contribution in [0.25, 0.3) is 4.91 Å². The molecule has 1 heterocycles. The maximum Gasteiger partial charge on any atom is 0.0841 e. The normalized spacial score (nSPS) is 17.8. The molecule has 0 unspecified atom stereocenters. The Kier molecular flexibility index (Phi) is 3.46. The van der Waals surface area contributed by atoms with E-state index in [1.807, 2.05) is 37.2 Å². The second kappa shape index (κ2) is 4.85. The van der Waals surface area contributed by atoms with Crippen molar-refractivity contribution in [2.75, 3.05) is 14.1 Å². The SMILES string of the molecule is CN(C)/C=C1/C=C(c2ccccc2)SC1=S. The minimum Gasteiger partial charge on any atom is -0.383 e. The van der Waals surface area contributed by atoms with Crippen LogP contribution >= 0.6 is 24.0 Å². The zero-order valence-electron chi connectivity index (χ0n) is 9.31. The molecule has 0 amide bonds. The number of hydrogen-bond acceptors (Lipinski definition) is 3. The summed E-state index contributed by atoms with van der Waals surface area (Å²) in [5, 5.41) is 0. The van der Waals surface area contributed by atoms with Gasteiger partial charge in [-0.2, -0.15) is 0 Å². The smallest absolute Gasteiger partial charge is 0.0841 e. The van der Waals surface area contributed by atoms with Gasteiger partial charge in [-0.25, -0.2) is 0 Å². The lowest BCUT2D eigenvalue weighted by Gasteiger charge is -2.04. The predicted octanol–water partition coefficient (Wildman–Crippen LogP) is 3.55. The molecule has 0 N–H and O–H groups in total. The van der Waals surface area contributed by atoms with Crippen LogP contribution in [-0.2, 0) is 0 Å². The van der Waals surface area contributed by atoms with Gasteiger partial charge < -0.3 is 4.90 Å². The average Bonchev–Trinajstić information content (AvgIpc) is 2.61. The standard InChI is InChI=1S/C13H13NS2/c1-14(2)9-11-8-12(16-13(11)15)10-6-4-3-5-7-10/h3-9H,1-2H3/b11-9-. The molecule has 0 bridgehead atoms. The van der Waals surface area contributed by atoms with Crippen LogP contribution in [0.5, 0.6) is 0 Å². The van der Waals surface area contributed by atoms with Crippen molar-refractivity contribution in [2.24, 2.45) is 0 Å². The Morgan fingerprint density at radius 2 is 1.88 bits per heavy atom. The minimum atomic E-state index is 0.951. The quantitative estimate of drug-likeness (QED) is 0.581. The molecule has 1 aliphatic heterocycles. The lowest BCUT2D eigenvalue weighted by Crippen LogP contribution is -2.03. The van der Waals surface area contributed by atoms with Gasteiger partial charge in [-0.05, 0) is 11.6 Å². The fraction of sp³-hybridized carbons (Fsp3) is 0.154. The Hall–Kier alpha value is -1.06. The molecule has 0 aliphatic carbocycles. The highest BCUT2D eigenvalue weighted by atomic mass is 32.2. The molecule has 0 radical (unpaired) electrons. The third-order valence-corrected chi connectivity index (χ3v) is 3.66. The molecule has 0 atom stereocenters. The van der Waals surface area contributed by atoms with E-state index in [1.165, 1.54) is 10.5 Å². The lowest BCUT2D eigenvalue weighted by molar-refractivity contribution is 0.562. The first kappa shape index (κ1) is 11.4. The van der Waals surface area contributed by atoms with Crippen LogP contribution in [-0.4, -0.2) is 23.2 Å². The van der Waals surface area contributed by atoms with E-state index in [9.17, 15) is 0 Å². The summed E-state index contributed by atoms with van der Waals surface area (Å²) in [4.78, 5) is 3.26. The fourth-order valence-corrected chi connectivity index (χ4v) is 2.75. The van der Waals surface area contributed by atoms with Gasteiger partial charge in [0, 0.05) is 30.8 Å². The molecule has 0 spiro atoms. The molecular weight excluding hydrogens is 234 g/mol. The number of thioether (sulfide) groups is 1. The first-order valence-corrected chi connectivity index (χ1v) is 6.27. The lowest BCUT2D eigenvalue weighted by atomic mass is 10.2. The van der Waals surface area contributed by atoms with E-state index in [-0.39, 0.29) is 0 Å². The number of allylic oxidation sites excluding steroid dienone is 1. The zero-order valence-corrected chi connectivity index (χ0v) is 10.9. The molecule has 0 saturated carbocycles. The van der Waals surface area contributed by atoms with E-state index in [0.29, 0.717) is 0 Å². The van der Waals surface area contributed by atoms with E-state index in [4.69, 9.17) is 12.2 Å². The Bertz CT molecular complexity index is 458. The van der Waals surface area contributed by atoms with Gasteiger partial charge in [-0.1, -0.05) is 54.3 Å². The van der Waals surface area contributed by atoms with Gasteiger partial charge in [0.25, 0.3) is 0 Å². The van der Waals surface area contributed by atoms with Crippen LogP contribution in [0.15, 0.2) is 48.2 Å². The summed E-state index contributed by atoms with van der Waals surface area (Å²) in [6, 6.07) is 10.3. The molecular formula is C13H13NS2. The van der Waals surface area contributed by atoms with Crippen LogP contribution in [0.4, 0.5) is 0 Å². The maximum atomic E-state index is 5.35. The monoisotopic (exact) mass is 247 g/mol. The molecule has 0 fully saturated rings. The number of hydrogen-bond donors (Lipinski definition) is 0. The van der Waals surface area contributed by atoms with Crippen LogP contribution in [0, 0.1) is 0 Å². The minimum absolute atomic E-state index is 0.951. The topological polar surface area (TPSA) is 3.24 Å². The van der Waals surface area contributed by atoms with E-state index < -0.39 is 0 Å². The summed E-state index contributed by atoms with van der Waals surface area (Å²) in [6.07, 6.45) is 4.22. The maximum absolute atomic E-state index is 5.35. The van der Waals surface area contributed by atoms with Gasteiger partial charge in [0.05, 0.1) is 4.20 Å². The van der Waals surface area contributed by atoms with Crippen molar-refractivity contribution in [1.82, 2.24) is 4.90 Å². The summed E-state index contributed by atoms with van der Waals surface area (Å²) in [5.74, 6) is 0. The third-order valence-electron chi connectivity index (χ3n) is 2.18. The van der Waals surface area contributed by atoms with Crippen molar-refractivity contribution in [3.05, 3.63) is 53.7 Å². The highest BCUT2D eigenvalue weighted by molar-refractivity contribution is 8.30. The zero-order chi connectivity index (χ0) is 11.5. The van der Waals surface area contributed by atoms with Crippen molar-refractivity contribution in [3.8, 4) is 0 Å². The Morgan fingerprint density at radius 1 is 1.19 bits per heavy atom. The van der Waals surface area contributed by atoms with Crippen molar-refractivity contribution in [3.63, 3.8) is 0 Å². The predicted molar refractivity (Wildman–Crippen MR) is 76.4 cm³/mol. The summed E-state index contributed by atoms with van der Waals surface area (Å²) < 4.78 is 0.951. The molecule has 0 saturated heterocycles. The van der Waals surface area contributed by atoms with Crippen LogP contribution < -0.4 is 0 Å². The largest absolute Gasteiger partial charge is 0.383 e. The number of nitrogens with zero attached hydrogens (tertiary/aromatic N) is 1. The number of thiocarbonyl (C=S) groups is 1. The molecule has 16 heavy (non-hydrogen) atoms. The Balaban J connectivity index is 2.30. The third kappa shape index (κ3) is 2.54. The van der Waals surface area contributed by atoms with Gasteiger partial charge >= 0.3 is 0 Å². The van der Waals surface area contributed by atoms with Crippen LogP contribution in [0.3, 0.4) is 0 Å². The second-order valence-electron chi connectivity index (χ2n) is 3.81. The highest BCUT2D eigenvalue weighted by Crippen LogP contribution is 2.38. The second-order valence-corrected chi connectivity index (χ2v) is 5.53.